The lowest BCUT2D eigenvalue weighted by molar-refractivity contribution is -0.154. The van der Waals surface area contributed by atoms with Crippen LogP contribution in [0.2, 0.25) is 0 Å². The van der Waals surface area contributed by atoms with Crippen LogP contribution in [0.25, 0.3) is 0 Å². The topological polar surface area (TPSA) is 88.5 Å². The smallest absolute Gasteiger partial charge is 0.422 e. The second kappa shape index (κ2) is 8.73. The maximum atomic E-state index is 12.3. The highest BCUT2D eigenvalue weighted by Crippen LogP contribution is 2.28. The monoisotopic (exact) mass is 396 g/mol. The molecule has 0 aliphatic carbocycles. The van der Waals surface area contributed by atoms with Gasteiger partial charge in [0.2, 0.25) is 5.88 Å². The van der Waals surface area contributed by atoms with Crippen molar-refractivity contribution < 1.29 is 32.6 Å². The van der Waals surface area contributed by atoms with Crippen LogP contribution in [0.4, 0.5) is 13.2 Å². The van der Waals surface area contributed by atoms with Crippen molar-refractivity contribution in [3.8, 4) is 5.88 Å². The molecule has 0 aliphatic heterocycles. The minimum absolute atomic E-state index is 0.0720. The number of carboxylic acid groups (broad SMARTS) is 1. The molecule has 1 atom stereocenters. The molecule has 1 unspecified atom stereocenters. The van der Waals surface area contributed by atoms with E-state index in [0.29, 0.717) is 5.56 Å². The molecule has 0 aliphatic rings. The van der Waals surface area contributed by atoms with E-state index in [0.717, 1.165) is 12.3 Å². The lowest BCUT2D eigenvalue weighted by atomic mass is 9.78. The standard InChI is InChI=1S/C19H19F3N2O4/c1-2-18(17(26)27,14-6-4-3-5-7-14)11-24-16(25)13-8-9-15(23-10-13)28-12-19(20,21)22/h3-10H,2,11-12H2,1H3,(H,24,25)(H,26,27). The molecule has 0 bridgehead atoms. The molecule has 1 aromatic carbocycles. The number of hydrogen-bond acceptors (Lipinski definition) is 4. The van der Waals surface area contributed by atoms with E-state index >= 15 is 0 Å². The van der Waals surface area contributed by atoms with E-state index in [1.165, 1.54) is 6.07 Å². The molecular formula is C19H19F3N2O4. The van der Waals surface area contributed by atoms with Gasteiger partial charge in [0, 0.05) is 18.8 Å². The Morgan fingerprint density at radius 1 is 1.14 bits per heavy atom. The number of aromatic nitrogens is 1. The van der Waals surface area contributed by atoms with Gasteiger partial charge in [0.1, 0.15) is 5.41 Å². The van der Waals surface area contributed by atoms with E-state index < -0.39 is 30.1 Å². The number of halogens is 3. The summed E-state index contributed by atoms with van der Waals surface area (Å²) in [5.74, 6) is -1.94. The van der Waals surface area contributed by atoms with Gasteiger partial charge >= 0.3 is 12.1 Å². The third-order valence-electron chi connectivity index (χ3n) is 4.27. The third-order valence-corrected chi connectivity index (χ3v) is 4.27. The van der Waals surface area contributed by atoms with Crippen LogP contribution in [0.15, 0.2) is 48.7 Å². The fraction of sp³-hybridized carbons (Fsp3) is 0.316. The molecule has 2 N–H and O–H groups in total. The number of carbonyl (C=O) groups excluding carboxylic acids is 1. The van der Waals surface area contributed by atoms with Gasteiger partial charge in [0.05, 0.1) is 5.56 Å². The second-order valence-electron chi connectivity index (χ2n) is 6.08. The number of nitrogens with one attached hydrogen (secondary N) is 1. The van der Waals surface area contributed by atoms with E-state index in [4.69, 9.17) is 0 Å². The first-order valence-electron chi connectivity index (χ1n) is 8.40. The largest absolute Gasteiger partial charge is 0.481 e. The molecular weight excluding hydrogens is 377 g/mol. The molecule has 2 rings (SSSR count). The quantitative estimate of drug-likeness (QED) is 0.716. The number of ether oxygens (including phenoxy) is 1. The van der Waals surface area contributed by atoms with Crippen molar-refractivity contribution in [2.45, 2.75) is 24.9 Å². The molecule has 0 saturated carbocycles. The highest BCUT2D eigenvalue weighted by Gasteiger charge is 2.39. The SMILES string of the molecule is CCC(CNC(=O)c1ccc(OCC(F)(F)F)nc1)(C(=O)O)c1ccccc1. The first kappa shape index (κ1) is 21.2. The fourth-order valence-corrected chi connectivity index (χ4v) is 2.63. The number of nitrogens with zero attached hydrogens (tertiary/aromatic N) is 1. The molecule has 28 heavy (non-hydrogen) atoms. The lowest BCUT2D eigenvalue weighted by Gasteiger charge is -2.29. The molecule has 0 spiro atoms. The Kier molecular flexibility index (Phi) is 6.61. The van der Waals surface area contributed by atoms with Crippen molar-refractivity contribution in [2.24, 2.45) is 0 Å². The predicted molar refractivity (Wildman–Crippen MR) is 94.2 cm³/mol. The number of pyridine rings is 1. The van der Waals surface area contributed by atoms with Crippen LogP contribution in [0.5, 0.6) is 5.88 Å². The van der Waals surface area contributed by atoms with Gasteiger partial charge in [-0.05, 0) is 18.1 Å². The van der Waals surface area contributed by atoms with Crippen molar-refractivity contribution in [3.05, 3.63) is 59.8 Å². The summed E-state index contributed by atoms with van der Waals surface area (Å²) in [6, 6.07) is 10.9. The van der Waals surface area contributed by atoms with Crippen molar-refractivity contribution in [1.29, 1.82) is 0 Å². The minimum Gasteiger partial charge on any atom is -0.481 e. The highest BCUT2D eigenvalue weighted by molar-refractivity contribution is 5.94. The third kappa shape index (κ3) is 5.21. The number of alkyl halides is 3. The lowest BCUT2D eigenvalue weighted by Crippen LogP contribution is -2.46. The van der Waals surface area contributed by atoms with Crippen molar-refractivity contribution in [2.75, 3.05) is 13.2 Å². The van der Waals surface area contributed by atoms with Crippen LogP contribution >= 0.6 is 0 Å². The average Bonchev–Trinajstić information content (AvgIpc) is 2.67. The van der Waals surface area contributed by atoms with Gasteiger partial charge in [0.15, 0.2) is 6.61 Å². The highest BCUT2D eigenvalue weighted by atomic mass is 19.4. The average molecular weight is 396 g/mol. The normalized spacial score (nSPS) is 13.4. The molecule has 1 aromatic heterocycles. The first-order chi connectivity index (χ1) is 13.2. The van der Waals surface area contributed by atoms with Gasteiger partial charge < -0.3 is 15.2 Å². The summed E-state index contributed by atoms with van der Waals surface area (Å²) < 4.78 is 40.9. The summed E-state index contributed by atoms with van der Waals surface area (Å²) in [5.41, 5.74) is -0.678. The maximum absolute atomic E-state index is 12.3. The van der Waals surface area contributed by atoms with Crippen LogP contribution < -0.4 is 10.1 Å². The summed E-state index contributed by atoms with van der Waals surface area (Å²) >= 11 is 0. The molecule has 9 heteroatoms. The zero-order chi connectivity index (χ0) is 20.8. The summed E-state index contributed by atoms with van der Waals surface area (Å²) in [4.78, 5) is 27.9. The van der Waals surface area contributed by atoms with Gasteiger partial charge in [-0.25, -0.2) is 4.98 Å². The van der Waals surface area contributed by atoms with Gasteiger partial charge in [-0.3, -0.25) is 9.59 Å². The van der Waals surface area contributed by atoms with E-state index in [2.05, 4.69) is 15.0 Å². The van der Waals surface area contributed by atoms with Gasteiger partial charge in [-0.1, -0.05) is 37.3 Å². The van der Waals surface area contributed by atoms with Crippen LogP contribution in [-0.2, 0) is 10.2 Å². The second-order valence-corrected chi connectivity index (χ2v) is 6.08. The number of benzene rings is 1. The zero-order valence-corrected chi connectivity index (χ0v) is 15.0. The van der Waals surface area contributed by atoms with E-state index in [-0.39, 0.29) is 24.4 Å². The van der Waals surface area contributed by atoms with Gasteiger partial charge in [-0.2, -0.15) is 13.2 Å². The Morgan fingerprint density at radius 2 is 1.82 bits per heavy atom. The predicted octanol–water partition coefficient (Wildman–Crippen LogP) is 3.19. The number of rotatable bonds is 8. The molecule has 2 aromatic rings. The molecule has 1 amide bonds. The van der Waals surface area contributed by atoms with E-state index in [1.807, 2.05) is 0 Å². The minimum atomic E-state index is -4.49. The summed E-state index contributed by atoms with van der Waals surface area (Å²) in [7, 11) is 0. The van der Waals surface area contributed by atoms with Crippen LogP contribution in [0.1, 0.15) is 29.3 Å². The van der Waals surface area contributed by atoms with Crippen LogP contribution in [0.3, 0.4) is 0 Å². The van der Waals surface area contributed by atoms with Gasteiger partial charge in [-0.15, -0.1) is 0 Å². The van der Waals surface area contributed by atoms with E-state index in [9.17, 15) is 27.9 Å². The summed E-state index contributed by atoms with van der Waals surface area (Å²) in [6.45, 7) is 0.0653. The Morgan fingerprint density at radius 3 is 2.32 bits per heavy atom. The number of hydrogen-bond donors (Lipinski definition) is 2. The number of amides is 1. The van der Waals surface area contributed by atoms with Crippen molar-refractivity contribution in [3.63, 3.8) is 0 Å². The number of carbonyl (C=O) groups is 2. The zero-order valence-electron chi connectivity index (χ0n) is 15.0. The summed E-state index contributed by atoms with van der Waals surface area (Å²) in [5, 5.41) is 12.3. The van der Waals surface area contributed by atoms with Crippen molar-refractivity contribution >= 4 is 11.9 Å². The summed E-state index contributed by atoms with van der Waals surface area (Å²) in [6.07, 6.45) is -3.18. The molecule has 6 nitrogen and oxygen atoms in total. The maximum Gasteiger partial charge on any atom is 0.422 e. The first-order valence-corrected chi connectivity index (χ1v) is 8.40. The molecule has 150 valence electrons. The molecule has 0 radical (unpaired) electrons. The fourth-order valence-electron chi connectivity index (χ4n) is 2.63. The molecule has 0 saturated heterocycles. The molecule has 0 fully saturated rings. The van der Waals surface area contributed by atoms with Crippen LogP contribution in [-0.4, -0.2) is 41.3 Å². The van der Waals surface area contributed by atoms with E-state index in [1.54, 1.807) is 37.3 Å². The number of aliphatic carboxylic acids is 1. The van der Waals surface area contributed by atoms with Gasteiger partial charge in [0.25, 0.3) is 5.91 Å². The van der Waals surface area contributed by atoms with Crippen LogP contribution in [0, 0.1) is 0 Å². The molecule has 1 heterocycles. The Balaban J connectivity index is 2.08. The Bertz CT molecular complexity index is 810. The Labute approximate surface area is 159 Å². The number of carboxylic acids is 1. The van der Waals surface area contributed by atoms with Crippen molar-refractivity contribution in [1.82, 2.24) is 10.3 Å². The Hall–Kier alpha value is -3.10.